The second-order valence-electron chi connectivity index (χ2n) is 8.31. The first-order valence-electron chi connectivity index (χ1n) is 11.2. The van der Waals surface area contributed by atoms with Gasteiger partial charge in [-0.15, -0.1) is 0 Å². The van der Waals surface area contributed by atoms with Crippen molar-refractivity contribution in [1.29, 1.82) is 0 Å². The molecular formula is C27H27ClN4O. The van der Waals surface area contributed by atoms with E-state index in [0.29, 0.717) is 5.02 Å². The molecule has 2 heterocycles. The predicted molar refractivity (Wildman–Crippen MR) is 137 cm³/mol. The van der Waals surface area contributed by atoms with Gasteiger partial charge in [0.25, 0.3) is 0 Å². The molecule has 0 unspecified atom stereocenters. The lowest BCUT2D eigenvalue weighted by molar-refractivity contribution is 0.250. The number of aromatic nitrogens is 1. The zero-order valence-corrected chi connectivity index (χ0v) is 19.4. The second-order valence-corrected chi connectivity index (χ2v) is 8.74. The Balaban J connectivity index is 1.19. The molecule has 0 bridgehead atoms. The van der Waals surface area contributed by atoms with E-state index in [1.165, 1.54) is 11.3 Å². The van der Waals surface area contributed by atoms with Crippen molar-refractivity contribution in [2.45, 2.75) is 6.54 Å². The summed E-state index contributed by atoms with van der Waals surface area (Å²) >= 11 is 6.11. The summed E-state index contributed by atoms with van der Waals surface area (Å²) in [6.07, 6.45) is 1.81. The highest BCUT2D eigenvalue weighted by Crippen LogP contribution is 2.27. The number of hydrogen-bond acceptors (Lipinski definition) is 5. The molecule has 1 aliphatic rings. The first-order chi connectivity index (χ1) is 16.2. The van der Waals surface area contributed by atoms with E-state index < -0.39 is 0 Å². The third-order valence-electron chi connectivity index (χ3n) is 6.13. The Morgan fingerprint density at radius 1 is 0.939 bits per heavy atom. The number of pyridine rings is 1. The molecule has 0 radical (unpaired) electrons. The van der Waals surface area contributed by atoms with Crippen LogP contribution < -0.4 is 15.0 Å². The van der Waals surface area contributed by atoms with Crippen LogP contribution in [0.5, 0.6) is 5.75 Å². The average molecular weight is 459 g/mol. The van der Waals surface area contributed by atoms with Gasteiger partial charge >= 0.3 is 0 Å². The number of methoxy groups -OCH3 is 1. The Labute approximate surface area is 199 Å². The van der Waals surface area contributed by atoms with E-state index >= 15 is 0 Å². The third-order valence-corrected chi connectivity index (χ3v) is 6.37. The molecule has 6 heteroatoms. The van der Waals surface area contributed by atoms with E-state index in [1.54, 1.807) is 13.3 Å². The van der Waals surface area contributed by atoms with Crippen molar-refractivity contribution in [1.82, 2.24) is 9.88 Å². The maximum atomic E-state index is 6.11. The molecular weight excluding hydrogens is 432 g/mol. The molecule has 0 atom stereocenters. The number of benzene rings is 3. The molecule has 168 valence electrons. The van der Waals surface area contributed by atoms with Gasteiger partial charge in [-0.2, -0.15) is 0 Å². The Kier molecular flexibility index (Phi) is 6.33. The average Bonchev–Trinajstić information content (AvgIpc) is 2.86. The molecule has 1 aromatic heterocycles. The van der Waals surface area contributed by atoms with Crippen LogP contribution >= 0.6 is 11.6 Å². The van der Waals surface area contributed by atoms with Crippen molar-refractivity contribution in [3.8, 4) is 5.75 Å². The number of nitrogens with zero attached hydrogens (tertiary/aromatic N) is 3. The number of fused-ring (bicyclic) bond motifs is 1. The van der Waals surface area contributed by atoms with Crippen LogP contribution in [0, 0.1) is 0 Å². The number of rotatable bonds is 6. The van der Waals surface area contributed by atoms with Crippen LogP contribution in [0.15, 0.2) is 79.0 Å². The van der Waals surface area contributed by atoms with Gasteiger partial charge in [-0.3, -0.25) is 9.88 Å². The van der Waals surface area contributed by atoms with Gasteiger partial charge in [0.1, 0.15) is 5.75 Å². The molecule has 5 nitrogen and oxygen atoms in total. The van der Waals surface area contributed by atoms with Gasteiger partial charge in [0.05, 0.1) is 12.6 Å². The van der Waals surface area contributed by atoms with E-state index in [4.69, 9.17) is 16.3 Å². The van der Waals surface area contributed by atoms with Gasteiger partial charge in [-0.25, -0.2) is 0 Å². The molecule has 0 aliphatic carbocycles. The molecule has 0 saturated carbocycles. The van der Waals surface area contributed by atoms with Crippen molar-refractivity contribution >= 4 is 39.6 Å². The summed E-state index contributed by atoms with van der Waals surface area (Å²) in [5.74, 6) is 0.909. The topological polar surface area (TPSA) is 40.6 Å². The third kappa shape index (κ3) is 5.05. The minimum Gasteiger partial charge on any atom is -0.497 e. The maximum absolute atomic E-state index is 6.11. The SMILES string of the molecule is COc1cccc(N2CCN(Cc3ccc(Nc4ccnc5cc(Cl)ccc45)cc3)CC2)c1. The van der Waals surface area contributed by atoms with Gasteiger partial charge in [0, 0.05) is 72.5 Å². The summed E-state index contributed by atoms with van der Waals surface area (Å²) < 4.78 is 5.37. The number of halogens is 1. The van der Waals surface area contributed by atoms with Gasteiger partial charge in [0.2, 0.25) is 0 Å². The molecule has 1 N–H and O–H groups in total. The molecule has 33 heavy (non-hydrogen) atoms. The molecule has 3 aromatic carbocycles. The number of anilines is 3. The quantitative estimate of drug-likeness (QED) is 0.386. The first kappa shape index (κ1) is 21.6. The molecule has 1 fully saturated rings. The molecule has 0 spiro atoms. The predicted octanol–water partition coefficient (Wildman–Crippen LogP) is 5.96. The van der Waals surface area contributed by atoms with Gasteiger partial charge < -0.3 is 15.0 Å². The standard InChI is InChI=1S/C27H27ClN4O/c1-33-24-4-2-3-23(18-24)32-15-13-31(14-16-32)19-20-5-8-22(9-6-20)30-26-11-12-29-27-17-21(28)7-10-25(26)27/h2-12,17-18H,13-16,19H2,1H3,(H,29,30). The van der Waals surface area contributed by atoms with Crippen molar-refractivity contribution in [2.24, 2.45) is 0 Å². The van der Waals surface area contributed by atoms with Gasteiger partial charge in [0.15, 0.2) is 0 Å². The van der Waals surface area contributed by atoms with Crippen molar-refractivity contribution in [3.05, 3.63) is 89.6 Å². The summed E-state index contributed by atoms with van der Waals surface area (Å²) in [4.78, 5) is 9.36. The Bertz CT molecular complexity index is 1240. The molecule has 4 aromatic rings. The van der Waals surface area contributed by atoms with Gasteiger partial charge in [-0.05, 0) is 54.1 Å². The number of ether oxygens (including phenoxy) is 1. The van der Waals surface area contributed by atoms with E-state index in [2.05, 4.69) is 62.6 Å². The summed E-state index contributed by atoms with van der Waals surface area (Å²) in [7, 11) is 1.72. The molecule has 1 saturated heterocycles. The fourth-order valence-corrected chi connectivity index (χ4v) is 4.48. The van der Waals surface area contributed by atoms with Crippen molar-refractivity contribution in [2.75, 3.05) is 43.5 Å². The lowest BCUT2D eigenvalue weighted by Gasteiger charge is -2.36. The number of hydrogen-bond donors (Lipinski definition) is 1. The van der Waals surface area contributed by atoms with Crippen LogP contribution in [0.4, 0.5) is 17.1 Å². The highest BCUT2D eigenvalue weighted by atomic mass is 35.5. The van der Waals surface area contributed by atoms with E-state index in [0.717, 1.165) is 60.8 Å². The number of piperazine rings is 1. The monoisotopic (exact) mass is 458 g/mol. The first-order valence-corrected chi connectivity index (χ1v) is 11.6. The van der Waals surface area contributed by atoms with Crippen molar-refractivity contribution in [3.63, 3.8) is 0 Å². The van der Waals surface area contributed by atoms with Crippen LogP contribution in [-0.4, -0.2) is 43.2 Å². The zero-order chi connectivity index (χ0) is 22.6. The summed E-state index contributed by atoms with van der Waals surface area (Å²) in [5, 5.41) is 5.27. The van der Waals surface area contributed by atoms with Crippen LogP contribution in [-0.2, 0) is 6.54 Å². The lowest BCUT2D eigenvalue weighted by Crippen LogP contribution is -2.45. The highest BCUT2D eigenvalue weighted by molar-refractivity contribution is 6.31. The summed E-state index contributed by atoms with van der Waals surface area (Å²) in [6.45, 7) is 5.09. The van der Waals surface area contributed by atoms with Crippen LogP contribution in [0.25, 0.3) is 10.9 Å². The normalized spacial score (nSPS) is 14.4. The number of nitrogens with one attached hydrogen (secondary N) is 1. The molecule has 1 aliphatic heterocycles. The van der Waals surface area contributed by atoms with Crippen LogP contribution in [0.1, 0.15) is 5.56 Å². The Morgan fingerprint density at radius 2 is 1.76 bits per heavy atom. The Morgan fingerprint density at radius 3 is 2.55 bits per heavy atom. The van der Waals surface area contributed by atoms with Gasteiger partial charge in [-0.1, -0.05) is 29.8 Å². The van der Waals surface area contributed by atoms with E-state index in [9.17, 15) is 0 Å². The maximum Gasteiger partial charge on any atom is 0.120 e. The zero-order valence-electron chi connectivity index (χ0n) is 18.7. The largest absolute Gasteiger partial charge is 0.497 e. The van der Waals surface area contributed by atoms with Crippen molar-refractivity contribution < 1.29 is 4.74 Å². The summed E-state index contributed by atoms with van der Waals surface area (Å²) in [6, 6.07) is 24.8. The minimum atomic E-state index is 0.695. The van der Waals surface area contributed by atoms with Crippen LogP contribution in [0.3, 0.4) is 0 Å². The highest BCUT2D eigenvalue weighted by Gasteiger charge is 2.17. The van der Waals surface area contributed by atoms with E-state index in [-0.39, 0.29) is 0 Å². The van der Waals surface area contributed by atoms with Crippen LogP contribution in [0.2, 0.25) is 5.02 Å². The molecule has 5 rings (SSSR count). The van der Waals surface area contributed by atoms with E-state index in [1.807, 2.05) is 30.3 Å². The fraction of sp³-hybridized carbons (Fsp3) is 0.222. The smallest absolute Gasteiger partial charge is 0.120 e. The lowest BCUT2D eigenvalue weighted by atomic mass is 10.1. The Hall–Kier alpha value is -3.28. The second kappa shape index (κ2) is 9.69. The fourth-order valence-electron chi connectivity index (χ4n) is 4.31. The molecule has 0 amide bonds. The summed E-state index contributed by atoms with van der Waals surface area (Å²) in [5.41, 5.74) is 5.52. The minimum absolute atomic E-state index is 0.695.